The molecule has 0 bridgehead atoms. The van der Waals surface area contributed by atoms with Crippen LogP contribution in [0.25, 0.3) is 0 Å². The van der Waals surface area contributed by atoms with E-state index in [4.69, 9.17) is 16.3 Å². The molecule has 0 radical (unpaired) electrons. The molecule has 1 aromatic carbocycles. The average molecular weight is 309 g/mol. The van der Waals surface area contributed by atoms with Gasteiger partial charge in [0.15, 0.2) is 0 Å². The molecule has 21 heavy (non-hydrogen) atoms. The van der Waals surface area contributed by atoms with Gasteiger partial charge in [-0.15, -0.1) is 0 Å². The van der Waals surface area contributed by atoms with E-state index >= 15 is 0 Å². The molecule has 0 fully saturated rings. The number of hydrogen-bond acceptors (Lipinski definition) is 6. The molecular weight excluding hydrogens is 296 g/mol. The zero-order valence-corrected chi connectivity index (χ0v) is 12.0. The van der Waals surface area contributed by atoms with Crippen molar-refractivity contribution < 1.29 is 9.66 Å². The van der Waals surface area contributed by atoms with Gasteiger partial charge < -0.3 is 10.1 Å². The highest BCUT2D eigenvalue weighted by Crippen LogP contribution is 2.27. The Bertz CT molecular complexity index is 651. The van der Waals surface area contributed by atoms with Crippen LogP contribution in [-0.2, 0) is 11.2 Å². The van der Waals surface area contributed by atoms with Crippen LogP contribution < -0.4 is 5.32 Å². The third kappa shape index (κ3) is 3.87. The Balaban J connectivity index is 2.34. The summed E-state index contributed by atoms with van der Waals surface area (Å²) in [7, 11) is 1.62. The Kier molecular flexibility index (Phi) is 5.02. The number of hydrogen-bond donors (Lipinski definition) is 1. The number of methoxy groups -OCH3 is 1. The van der Waals surface area contributed by atoms with E-state index in [2.05, 4.69) is 15.3 Å². The van der Waals surface area contributed by atoms with E-state index in [1.54, 1.807) is 7.11 Å². The number of para-hydroxylation sites is 1. The Labute approximate surface area is 126 Å². The molecule has 0 aliphatic rings. The number of halogens is 1. The van der Waals surface area contributed by atoms with Gasteiger partial charge in [-0.2, -0.15) is 4.98 Å². The summed E-state index contributed by atoms with van der Waals surface area (Å²) in [6.45, 7) is 0.547. The van der Waals surface area contributed by atoms with Crippen LogP contribution in [0.5, 0.6) is 0 Å². The predicted octanol–water partition coefficient (Wildman–Crippen LogP) is 2.97. The molecule has 1 N–H and O–H groups in total. The summed E-state index contributed by atoms with van der Waals surface area (Å²) in [6, 6.07) is 7.44. The first-order chi connectivity index (χ1) is 10.1. The number of aromatic nitrogens is 2. The quantitative estimate of drug-likeness (QED) is 0.501. The van der Waals surface area contributed by atoms with E-state index in [1.807, 2.05) is 24.3 Å². The van der Waals surface area contributed by atoms with E-state index in [0.29, 0.717) is 18.7 Å². The van der Waals surface area contributed by atoms with Crippen LogP contribution in [0.3, 0.4) is 0 Å². The van der Waals surface area contributed by atoms with Crippen LogP contribution in [0.4, 0.5) is 17.2 Å². The molecule has 0 unspecified atom stereocenters. The van der Waals surface area contributed by atoms with E-state index < -0.39 is 4.92 Å². The summed E-state index contributed by atoms with van der Waals surface area (Å²) in [5.74, 6) is 0.0601. The third-order valence-electron chi connectivity index (χ3n) is 2.78. The van der Waals surface area contributed by atoms with E-state index in [9.17, 15) is 10.1 Å². The van der Waals surface area contributed by atoms with Gasteiger partial charge in [0, 0.05) is 12.8 Å². The van der Waals surface area contributed by atoms with E-state index in [0.717, 1.165) is 11.8 Å². The fourth-order valence-corrected chi connectivity index (χ4v) is 1.91. The first-order valence-electron chi connectivity index (χ1n) is 6.12. The Hall–Kier alpha value is -2.25. The second-order valence-electron chi connectivity index (χ2n) is 4.15. The van der Waals surface area contributed by atoms with Gasteiger partial charge in [0.1, 0.15) is 6.20 Å². The van der Waals surface area contributed by atoms with Crippen molar-refractivity contribution >= 4 is 28.8 Å². The lowest BCUT2D eigenvalue weighted by atomic mass is 10.1. The largest absolute Gasteiger partial charge is 0.384 e. The number of nitrogens with one attached hydrogen (secondary N) is 1. The fourth-order valence-electron chi connectivity index (χ4n) is 1.78. The molecule has 1 aromatic heterocycles. The minimum absolute atomic E-state index is 0.0579. The van der Waals surface area contributed by atoms with Gasteiger partial charge in [-0.3, -0.25) is 10.1 Å². The molecule has 2 rings (SSSR count). The molecule has 0 aliphatic carbocycles. The van der Waals surface area contributed by atoms with Gasteiger partial charge in [0.25, 0.3) is 0 Å². The normalized spacial score (nSPS) is 10.4. The lowest BCUT2D eigenvalue weighted by molar-refractivity contribution is -0.384. The second kappa shape index (κ2) is 6.96. The van der Waals surface area contributed by atoms with Gasteiger partial charge in [-0.25, -0.2) is 4.98 Å². The maximum atomic E-state index is 11.0. The smallest absolute Gasteiger partial charge is 0.329 e. The molecule has 1 heterocycles. The molecule has 110 valence electrons. The van der Waals surface area contributed by atoms with Crippen molar-refractivity contribution in [3.8, 4) is 0 Å². The van der Waals surface area contributed by atoms with Crippen LogP contribution in [0.1, 0.15) is 5.56 Å². The molecule has 7 nitrogen and oxygen atoms in total. The average Bonchev–Trinajstić information content (AvgIpc) is 2.46. The highest BCUT2D eigenvalue weighted by molar-refractivity contribution is 6.28. The number of rotatable bonds is 6. The van der Waals surface area contributed by atoms with E-state index in [1.165, 1.54) is 0 Å². The van der Waals surface area contributed by atoms with Gasteiger partial charge in [0.2, 0.25) is 11.1 Å². The first-order valence-corrected chi connectivity index (χ1v) is 6.50. The Morgan fingerprint density at radius 1 is 1.43 bits per heavy atom. The molecule has 8 heteroatoms. The summed E-state index contributed by atoms with van der Waals surface area (Å²) in [5.41, 5.74) is 1.44. The van der Waals surface area contributed by atoms with Crippen molar-refractivity contribution in [2.75, 3.05) is 19.0 Å². The number of anilines is 2. The van der Waals surface area contributed by atoms with Crippen LogP contribution in [0.2, 0.25) is 5.28 Å². The lowest BCUT2D eigenvalue weighted by Gasteiger charge is -2.11. The highest BCUT2D eigenvalue weighted by Gasteiger charge is 2.17. The molecule has 0 saturated heterocycles. The van der Waals surface area contributed by atoms with Gasteiger partial charge in [-0.05, 0) is 29.7 Å². The third-order valence-corrected chi connectivity index (χ3v) is 2.96. The van der Waals surface area contributed by atoms with Gasteiger partial charge >= 0.3 is 5.69 Å². The van der Waals surface area contributed by atoms with Gasteiger partial charge in [0.05, 0.1) is 11.5 Å². The molecule has 0 atom stereocenters. The minimum atomic E-state index is -0.559. The molecule has 0 saturated carbocycles. The Morgan fingerprint density at radius 2 is 2.19 bits per heavy atom. The molecule has 0 amide bonds. The van der Waals surface area contributed by atoms with Crippen molar-refractivity contribution in [3.63, 3.8) is 0 Å². The van der Waals surface area contributed by atoms with E-state index in [-0.39, 0.29) is 16.8 Å². The predicted molar refractivity (Wildman–Crippen MR) is 79.0 cm³/mol. The van der Waals surface area contributed by atoms with Crippen molar-refractivity contribution in [2.24, 2.45) is 0 Å². The molecule has 2 aromatic rings. The summed E-state index contributed by atoms with van der Waals surface area (Å²) >= 11 is 5.71. The first kappa shape index (κ1) is 15.1. The van der Waals surface area contributed by atoms with Crippen molar-refractivity contribution in [1.82, 2.24) is 9.97 Å². The summed E-state index contributed by atoms with van der Waals surface area (Å²) in [4.78, 5) is 18.0. The molecular formula is C13H13ClN4O3. The monoisotopic (exact) mass is 308 g/mol. The molecule has 0 spiro atoms. The van der Waals surface area contributed by atoms with Crippen LogP contribution in [0.15, 0.2) is 30.5 Å². The summed E-state index contributed by atoms with van der Waals surface area (Å²) < 4.78 is 5.05. The van der Waals surface area contributed by atoms with Gasteiger partial charge in [-0.1, -0.05) is 18.2 Å². The summed E-state index contributed by atoms with van der Waals surface area (Å²) in [5, 5.41) is 13.9. The number of nitrogens with zero attached hydrogens (tertiary/aromatic N) is 3. The van der Waals surface area contributed by atoms with Crippen LogP contribution in [0, 0.1) is 10.1 Å². The second-order valence-corrected chi connectivity index (χ2v) is 4.49. The SMILES string of the molecule is COCCc1ccccc1Nc1nc(Cl)ncc1[N+](=O)[O-]. The van der Waals surface area contributed by atoms with Crippen molar-refractivity contribution in [3.05, 3.63) is 51.4 Å². The topological polar surface area (TPSA) is 90.2 Å². The maximum Gasteiger partial charge on any atom is 0.329 e. The van der Waals surface area contributed by atoms with Crippen LogP contribution >= 0.6 is 11.6 Å². The zero-order chi connectivity index (χ0) is 15.2. The molecule has 0 aliphatic heterocycles. The minimum Gasteiger partial charge on any atom is -0.384 e. The standard InChI is InChI=1S/C13H13ClN4O3/c1-21-7-6-9-4-2-3-5-10(9)16-12-11(18(19)20)8-15-13(14)17-12/h2-5,8H,6-7H2,1H3,(H,15,16,17). The fraction of sp³-hybridized carbons (Fsp3) is 0.231. The summed E-state index contributed by atoms with van der Waals surface area (Å²) in [6.07, 6.45) is 1.75. The lowest BCUT2D eigenvalue weighted by Crippen LogP contribution is -2.04. The van der Waals surface area contributed by atoms with Crippen molar-refractivity contribution in [2.45, 2.75) is 6.42 Å². The van der Waals surface area contributed by atoms with Crippen LogP contribution in [-0.4, -0.2) is 28.6 Å². The number of ether oxygens (including phenoxy) is 1. The van der Waals surface area contributed by atoms with Crippen molar-refractivity contribution in [1.29, 1.82) is 0 Å². The maximum absolute atomic E-state index is 11.0. The number of benzene rings is 1. The number of nitro groups is 1. The zero-order valence-electron chi connectivity index (χ0n) is 11.2. The highest BCUT2D eigenvalue weighted by atomic mass is 35.5. The Morgan fingerprint density at radius 3 is 2.90 bits per heavy atom.